The maximum atomic E-state index is 13.7. The van der Waals surface area contributed by atoms with E-state index in [2.05, 4.69) is 25.9 Å². The van der Waals surface area contributed by atoms with Crippen molar-refractivity contribution in [2.45, 2.75) is 75.8 Å². The molecule has 13 nitrogen and oxygen atoms in total. The lowest BCUT2D eigenvalue weighted by atomic mass is 9.94. The first-order valence-corrected chi connectivity index (χ1v) is 18.4. The van der Waals surface area contributed by atoms with Gasteiger partial charge in [-0.1, -0.05) is 59.6 Å². The third-order valence-electron chi connectivity index (χ3n) is 9.66. The molecule has 0 saturated carbocycles. The number of pyridine rings is 2. The normalized spacial score (nSPS) is 18.4. The largest absolute Gasteiger partial charge is 0.481 e. The number of carboxylic acids is 2. The van der Waals surface area contributed by atoms with E-state index in [4.69, 9.17) is 37.8 Å². The van der Waals surface area contributed by atoms with Gasteiger partial charge in [-0.05, 0) is 79.0 Å². The molecular weight excluding hydrogens is 737 g/mol. The van der Waals surface area contributed by atoms with E-state index in [1.807, 2.05) is 30.3 Å². The van der Waals surface area contributed by atoms with E-state index in [1.54, 1.807) is 30.5 Å². The number of nitrogens with zero attached hydrogens (tertiary/aromatic N) is 2. The summed E-state index contributed by atoms with van der Waals surface area (Å²) < 4.78 is 11.9. The van der Waals surface area contributed by atoms with Crippen molar-refractivity contribution in [3.8, 4) is 22.9 Å². The van der Waals surface area contributed by atoms with Gasteiger partial charge in [-0.25, -0.2) is 4.98 Å². The number of methoxy groups -OCH3 is 1. The van der Waals surface area contributed by atoms with E-state index in [0.717, 1.165) is 35.1 Å². The predicted octanol–water partition coefficient (Wildman–Crippen LogP) is 5.84. The molecule has 1 aliphatic heterocycles. The minimum absolute atomic E-state index is 0.0610. The van der Waals surface area contributed by atoms with Crippen molar-refractivity contribution in [3.63, 3.8) is 0 Å². The summed E-state index contributed by atoms with van der Waals surface area (Å²) in [5, 5.41) is 37.9. The second-order valence-corrected chi connectivity index (χ2v) is 14.2. The van der Waals surface area contributed by atoms with Crippen LogP contribution in [-0.4, -0.2) is 75.0 Å². The van der Waals surface area contributed by atoms with Crippen LogP contribution in [0.4, 0.5) is 5.82 Å². The number of nitrogens with one attached hydrogen (secondary N) is 3. The Morgan fingerprint density at radius 2 is 1.80 bits per heavy atom. The Hall–Kier alpha value is -4.79. The summed E-state index contributed by atoms with van der Waals surface area (Å²) in [5.74, 6) is -1.51. The summed E-state index contributed by atoms with van der Waals surface area (Å²) in [6, 6.07) is 15.9. The van der Waals surface area contributed by atoms with Crippen molar-refractivity contribution in [2.75, 3.05) is 19.0 Å². The molecule has 4 atom stereocenters. The zero-order valence-electron chi connectivity index (χ0n) is 29.5. The van der Waals surface area contributed by atoms with Crippen LogP contribution >= 0.6 is 23.2 Å². The highest BCUT2D eigenvalue weighted by Gasteiger charge is 2.30. The SMILES string of the molecule is COc1nc(O[C@H]2CCc3c(-c4cccc(C(=O)Nc5ncccc5CC5CCCC(C(=O)O)N5)c4Cl)cccc32)c(Cl)cc1CNC[C@@H](O)CC(=O)O. The molecule has 3 heterocycles. The van der Waals surface area contributed by atoms with Crippen LogP contribution in [0.25, 0.3) is 11.1 Å². The number of halogens is 2. The van der Waals surface area contributed by atoms with Crippen LogP contribution in [0, 0.1) is 0 Å². The lowest BCUT2D eigenvalue weighted by Gasteiger charge is -2.29. The van der Waals surface area contributed by atoms with Crippen molar-refractivity contribution in [3.05, 3.63) is 98.7 Å². The molecule has 1 aliphatic carbocycles. The van der Waals surface area contributed by atoms with Gasteiger partial charge in [0.25, 0.3) is 5.91 Å². The zero-order chi connectivity index (χ0) is 38.4. The molecule has 1 fully saturated rings. The van der Waals surface area contributed by atoms with Crippen molar-refractivity contribution in [1.29, 1.82) is 0 Å². The Morgan fingerprint density at radius 3 is 2.57 bits per heavy atom. The molecule has 2 aromatic carbocycles. The van der Waals surface area contributed by atoms with Gasteiger partial charge in [0.15, 0.2) is 0 Å². The summed E-state index contributed by atoms with van der Waals surface area (Å²) in [4.78, 5) is 45.1. The molecule has 1 saturated heterocycles. The fourth-order valence-electron chi connectivity index (χ4n) is 7.10. The zero-order valence-corrected chi connectivity index (χ0v) is 31.0. The highest BCUT2D eigenvalue weighted by Crippen LogP contribution is 2.43. The molecule has 0 spiro atoms. The van der Waals surface area contributed by atoms with Gasteiger partial charge < -0.3 is 40.7 Å². The highest BCUT2D eigenvalue weighted by molar-refractivity contribution is 6.37. The van der Waals surface area contributed by atoms with Crippen LogP contribution in [0.15, 0.2) is 60.8 Å². The van der Waals surface area contributed by atoms with Crippen molar-refractivity contribution < 1.29 is 39.2 Å². The fraction of sp³-hybridized carbons (Fsp3) is 0.359. The summed E-state index contributed by atoms with van der Waals surface area (Å²) in [5.41, 5.74) is 5.21. The molecule has 54 heavy (non-hydrogen) atoms. The first-order chi connectivity index (χ1) is 26.0. The summed E-state index contributed by atoms with van der Waals surface area (Å²) in [6.07, 6.45) is 3.82. The molecule has 4 aromatic rings. The number of carbonyl (C=O) groups excluding carboxylic acids is 1. The van der Waals surface area contributed by atoms with Gasteiger partial charge in [0.05, 0.1) is 30.2 Å². The van der Waals surface area contributed by atoms with E-state index in [0.29, 0.717) is 42.6 Å². The number of fused-ring (bicyclic) bond motifs is 1. The number of carboxylic acid groups (broad SMARTS) is 2. The number of aliphatic hydroxyl groups excluding tert-OH is 1. The molecule has 6 N–H and O–H groups in total. The van der Waals surface area contributed by atoms with Crippen LogP contribution in [-0.2, 0) is 29.0 Å². The van der Waals surface area contributed by atoms with Crippen molar-refractivity contribution in [1.82, 2.24) is 20.6 Å². The fourth-order valence-corrected chi connectivity index (χ4v) is 7.63. The Bertz CT molecular complexity index is 2030. The topological polar surface area (TPSA) is 192 Å². The molecule has 15 heteroatoms. The van der Waals surface area contributed by atoms with Gasteiger partial charge in [0.2, 0.25) is 11.8 Å². The molecule has 284 valence electrons. The van der Waals surface area contributed by atoms with Gasteiger partial charge in [0.1, 0.15) is 23.0 Å². The summed E-state index contributed by atoms with van der Waals surface area (Å²) >= 11 is 13.6. The van der Waals surface area contributed by atoms with Crippen LogP contribution < -0.4 is 25.4 Å². The monoisotopic (exact) mass is 777 g/mol. The Morgan fingerprint density at radius 1 is 1.00 bits per heavy atom. The van der Waals surface area contributed by atoms with E-state index in [1.165, 1.54) is 7.11 Å². The van der Waals surface area contributed by atoms with Crippen LogP contribution in [0.2, 0.25) is 10.0 Å². The first kappa shape index (κ1) is 38.9. The molecule has 0 bridgehead atoms. The number of aromatic nitrogens is 2. The van der Waals surface area contributed by atoms with Crippen LogP contribution in [0.1, 0.15) is 70.8 Å². The summed E-state index contributed by atoms with van der Waals surface area (Å²) in [7, 11) is 1.47. The first-order valence-electron chi connectivity index (χ1n) is 17.7. The second kappa shape index (κ2) is 17.6. The average Bonchev–Trinajstić information content (AvgIpc) is 3.56. The Labute approximate surface area is 322 Å². The third kappa shape index (κ3) is 9.11. The lowest BCUT2D eigenvalue weighted by Crippen LogP contribution is -2.47. The number of rotatable bonds is 15. The van der Waals surface area contributed by atoms with Crippen molar-refractivity contribution >= 4 is 46.9 Å². The third-order valence-corrected chi connectivity index (χ3v) is 10.3. The molecule has 2 aliphatic rings. The number of ether oxygens (including phenoxy) is 2. The maximum Gasteiger partial charge on any atom is 0.320 e. The molecule has 1 amide bonds. The number of piperidine rings is 1. The molecular formula is C39H41Cl2N5O8. The van der Waals surface area contributed by atoms with Crippen molar-refractivity contribution in [2.24, 2.45) is 0 Å². The molecule has 6 rings (SSSR count). The van der Waals surface area contributed by atoms with Gasteiger partial charge in [-0.2, -0.15) is 4.98 Å². The number of benzene rings is 2. The number of carbonyl (C=O) groups is 3. The highest BCUT2D eigenvalue weighted by atomic mass is 35.5. The average molecular weight is 779 g/mol. The minimum atomic E-state index is -1.09. The lowest BCUT2D eigenvalue weighted by molar-refractivity contribution is -0.141. The van der Waals surface area contributed by atoms with Gasteiger partial charge >= 0.3 is 11.9 Å². The quantitative estimate of drug-likeness (QED) is 0.0847. The number of aliphatic carboxylic acids is 2. The van der Waals surface area contributed by atoms with Gasteiger partial charge in [0, 0.05) is 36.5 Å². The Kier molecular flexibility index (Phi) is 12.7. The second-order valence-electron chi connectivity index (χ2n) is 13.4. The number of anilines is 1. The van der Waals surface area contributed by atoms with E-state index in [9.17, 15) is 24.6 Å². The number of hydrogen-bond donors (Lipinski definition) is 6. The minimum Gasteiger partial charge on any atom is -0.481 e. The maximum absolute atomic E-state index is 13.7. The molecule has 0 radical (unpaired) electrons. The van der Waals surface area contributed by atoms with E-state index < -0.39 is 30.0 Å². The van der Waals surface area contributed by atoms with E-state index >= 15 is 0 Å². The van der Waals surface area contributed by atoms with E-state index in [-0.39, 0.29) is 59.0 Å². The Balaban J connectivity index is 1.17. The van der Waals surface area contributed by atoms with Crippen LogP contribution in [0.5, 0.6) is 11.8 Å². The number of aliphatic hydroxyl groups is 1. The van der Waals surface area contributed by atoms with Gasteiger partial charge in [-0.15, -0.1) is 0 Å². The summed E-state index contributed by atoms with van der Waals surface area (Å²) in [6.45, 7) is 0.293. The molecule has 2 unspecified atom stereocenters. The van der Waals surface area contributed by atoms with Gasteiger partial charge in [-0.3, -0.25) is 14.4 Å². The number of hydrogen-bond acceptors (Lipinski definition) is 10. The smallest absolute Gasteiger partial charge is 0.320 e. The van der Waals surface area contributed by atoms with Crippen LogP contribution in [0.3, 0.4) is 0 Å². The standard InChI is InChI=1S/C39H41Cl2N5O8/c1-53-37-22(19-42-20-24(47)18-33(48)49)17-30(40)38(46-37)54-32-14-13-26-25(8-3-9-27(26)32)28-10-4-11-29(34(28)41)36(50)45-35-21(6-5-15-43-35)16-23-7-2-12-31(44-23)39(51)52/h3-6,8-11,15,17,23-24,31-32,42,44,47H,2,7,12-14,16,18-20H2,1H3,(H,48,49)(H,51,52)(H,43,45,50)/t23?,24-,31?,32-/m0/s1. The molecule has 2 aromatic heterocycles. The number of amides is 1. The predicted molar refractivity (Wildman–Crippen MR) is 202 cm³/mol.